The summed E-state index contributed by atoms with van der Waals surface area (Å²) in [4.78, 5) is 23.1. The number of carbonyl (C=O) groups is 2. The molecule has 0 saturated carbocycles. The first-order valence-corrected chi connectivity index (χ1v) is 9.69. The number of unbranched alkanes of at least 4 members (excludes halogenated alkanes) is 2. The molecule has 1 rings (SSSR count). The van der Waals surface area contributed by atoms with Crippen LogP contribution in [0.2, 0.25) is 0 Å². The van der Waals surface area contributed by atoms with Crippen LogP contribution in [0.4, 0.5) is 0 Å². The quantitative estimate of drug-likeness (QED) is 0.216. The fourth-order valence-corrected chi connectivity index (χ4v) is 4.09. The van der Waals surface area contributed by atoms with E-state index in [4.69, 9.17) is 0 Å². The molecule has 0 aliphatic heterocycles. The highest BCUT2D eigenvalue weighted by Gasteiger charge is 2.13. The number of benzene rings is 1. The third kappa shape index (κ3) is 6.97. The topological polar surface area (TPSA) is 55.4 Å². The number of halogens is 3. The maximum Gasteiger partial charge on any atom is 0.305 e. The summed E-state index contributed by atoms with van der Waals surface area (Å²) >= 11 is 6.65. The molecule has 0 fully saturated rings. The molecule has 7 heteroatoms. The highest BCUT2D eigenvalue weighted by molar-refractivity contribution is 14.1. The van der Waals surface area contributed by atoms with Crippen molar-refractivity contribution in [1.82, 2.24) is 5.32 Å². The van der Waals surface area contributed by atoms with E-state index in [0.29, 0.717) is 13.0 Å². The Labute approximate surface area is 165 Å². The third-order valence-corrected chi connectivity index (χ3v) is 6.48. The monoisotopic (exact) mass is 627 g/mol. The van der Waals surface area contributed by atoms with E-state index in [0.717, 1.165) is 35.5 Å². The molecule has 1 aromatic carbocycles. The molecule has 0 heterocycles. The third-order valence-electron chi connectivity index (χ3n) is 2.81. The zero-order valence-electron chi connectivity index (χ0n) is 11.5. The first-order valence-electron chi connectivity index (χ1n) is 6.45. The normalized spacial score (nSPS) is 10.3. The van der Waals surface area contributed by atoms with Gasteiger partial charge in [0.05, 0.1) is 12.7 Å². The lowest BCUT2D eigenvalue weighted by atomic mass is 10.2. The van der Waals surface area contributed by atoms with Crippen molar-refractivity contribution in [3.8, 4) is 0 Å². The molecule has 0 spiro atoms. The lowest BCUT2D eigenvalue weighted by Gasteiger charge is -2.09. The van der Waals surface area contributed by atoms with Gasteiger partial charge in [-0.2, -0.15) is 0 Å². The van der Waals surface area contributed by atoms with Crippen molar-refractivity contribution in [2.75, 3.05) is 13.7 Å². The molecule has 0 bridgehead atoms. The summed E-state index contributed by atoms with van der Waals surface area (Å²) in [5.74, 6) is -0.217. The smallest absolute Gasteiger partial charge is 0.305 e. The minimum Gasteiger partial charge on any atom is -0.469 e. The summed E-state index contributed by atoms with van der Waals surface area (Å²) in [6, 6.07) is 3.95. The van der Waals surface area contributed by atoms with Crippen molar-refractivity contribution in [2.24, 2.45) is 0 Å². The predicted molar refractivity (Wildman–Crippen MR) is 107 cm³/mol. The minimum absolute atomic E-state index is 0.0381. The van der Waals surface area contributed by atoms with Gasteiger partial charge in [-0.1, -0.05) is 6.42 Å². The van der Waals surface area contributed by atoms with E-state index in [1.807, 2.05) is 12.1 Å². The summed E-state index contributed by atoms with van der Waals surface area (Å²) in [5, 5.41) is 2.93. The predicted octanol–water partition coefficient (Wildman–Crippen LogP) is 3.96. The average Bonchev–Trinajstić information content (AvgIpc) is 2.45. The second-order valence-corrected chi connectivity index (χ2v) is 7.88. The van der Waals surface area contributed by atoms with Crippen LogP contribution in [0.5, 0.6) is 0 Å². The molecule has 0 saturated heterocycles. The van der Waals surface area contributed by atoms with Crippen LogP contribution < -0.4 is 5.32 Å². The standard InChI is InChI=1S/C14H16I3NO3/c1-21-12(19)5-3-2-4-6-18-14(20)10-7-9(15)8-11(16)13(10)17/h7-8H,2-6H2,1H3,(H,18,20). The summed E-state index contributed by atoms with van der Waals surface area (Å²) in [5.41, 5.74) is 0.724. The van der Waals surface area contributed by atoms with Crippen LogP contribution in [0, 0.1) is 10.7 Å². The Morgan fingerprint density at radius 2 is 1.86 bits per heavy atom. The highest BCUT2D eigenvalue weighted by Crippen LogP contribution is 2.22. The summed E-state index contributed by atoms with van der Waals surface area (Å²) in [6.45, 7) is 0.623. The van der Waals surface area contributed by atoms with Gasteiger partial charge in [-0.15, -0.1) is 0 Å². The summed E-state index contributed by atoms with van der Waals surface area (Å²) in [6.07, 6.45) is 3.00. The van der Waals surface area contributed by atoms with Crippen LogP contribution >= 0.6 is 67.8 Å². The molecule has 0 unspecified atom stereocenters. The number of rotatable bonds is 7. The fourth-order valence-electron chi connectivity index (χ4n) is 1.69. The van der Waals surface area contributed by atoms with E-state index < -0.39 is 0 Å². The van der Waals surface area contributed by atoms with E-state index >= 15 is 0 Å². The molecule has 0 aliphatic rings. The molecular weight excluding hydrogens is 611 g/mol. The van der Waals surface area contributed by atoms with Crippen molar-refractivity contribution >= 4 is 79.6 Å². The van der Waals surface area contributed by atoms with Crippen molar-refractivity contribution < 1.29 is 14.3 Å². The number of ether oxygens (including phenoxy) is 1. The van der Waals surface area contributed by atoms with Gasteiger partial charge < -0.3 is 10.1 Å². The number of amides is 1. The molecule has 4 nitrogen and oxygen atoms in total. The molecule has 0 aliphatic carbocycles. The van der Waals surface area contributed by atoms with E-state index in [1.165, 1.54) is 7.11 Å². The molecule has 1 aromatic rings. The van der Waals surface area contributed by atoms with Gasteiger partial charge in [-0.3, -0.25) is 9.59 Å². The first-order chi connectivity index (χ1) is 9.95. The van der Waals surface area contributed by atoms with Gasteiger partial charge in [0.1, 0.15) is 0 Å². The fraction of sp³-hybridized carbons (Fsp3) is 0.429. The van der Waals surface area contributed by atoms with E-state index in [-0.39, 0.29) is 11.9 Å². The van der Waals surface area contributed by atoms with Gasteiger partial charge in [0.15, 0.2) is 0 Å². The second-order valence-electron chi connectivity index (χ2n) is 4.39. The van der Waals surface area contributed by atoms with Crippen molar-refractivity contribution in [3.63, 3.8) is 0 Å². The number of methoxy groups -OCH3 is 1. The van der Waals surface area contributed by atoms with Crippen molar-refractivity contribution in [2.45, 2.75) is 25.7 Å². The number of esters is 1. The number of hydrogen-bond acceptors (Lipinski definition) is 3. The summed E-state index contributed by atoms with van der Waals surface area (Å²) < 4.78 is 7.70. The van der Waals surface area contributed by atoms with E-state index in [9.17, 15) is 9.59 Å². The van der Waals surface area contributed by atoms with Gasteiger partial charge in [0, 0.05) is 23.7 Å². The molecule has 116 valence electrons. The van der Waals surface area contributed by atoms with Gasteiger partial charge in [0.25, 0.3) is 5.91 Å². The maximum atomic E-state index is 12.2. The van der Waals surface area contributed by atoms with Crippen LogP contribution in [0.25, 0.3) is 0 Å². The number of carbonyl (C=O) groups excluding carboxylic acids is 2. The Morgan fingerprint density at radius 3 is 2.52 bits per heavy atom. The van der Waals surface area contributed by atoms with Crippen molar-refractivity contribution in [1.29, 1.82) is 0 Å². The van der Waals surface area contributed by atoms with E-state index in [1.54, 1.807) is 0 Å². The van der Waals surface area contributed by atoms with Crippen LogP contribution in [-0.2, 0) is 9.53 Å². The van der Waals surface area contributed by atoms with Crippen LogP contribution in [-0.4, -0.2) is 25.5 Å². The van der Waals surface area contributed by atoms with Gasteiger partial charge in [0.2, 0.25) is 0 Å². The zero-order chi connectivity index (χ0) is 15.8. The number of hydrogen-bond donors (Lipinski definition) is 1. The molecule has 0 radical (unpaired) electrons. The Balaban J connectivity index is 2.36. The Hall–Kier alpha value is 0.350. The van der Waals surface area contributed by atoms with Crippen LogP contribution in [0.3, 0.4) is 0 Å². The molecule has 0 aromatic heterocycles. The van der Waals surface area contributed by atoms with Crippen molar-refractivity contribution in [3.05, 3.63) is 28.4 Å². The second kappa shape index (κ2) is 10.2. The first kappa shape index (κ1) is 19.4. The Bertz CT molecular complexity index is 520. The highest BCUT2D eigenvalue weighted by atomic mass is 127. The van der Waals surface area contributed by atoms with Gasteiger partial charge in [-0.25, -0.2) is 0 Å². The minimum atomic E-state index is -0.179. The molecule has 1 amide bonds. The Kier molecular flexibility index (Phi) is 9.41. The van der Waals surface area contributed by atoms with Gasteiger partial charge in [-0.05, 0) is 92.7 Å². The summed E-state index contributed by atoms with van der Waals surface area (Å²) in [7, 11) is 1.40. The van der Waals surface area contributed by atoms with Gasteiger partial charge >= 0.3 is 5.97 Å². The largest absolute Gasteiger partial charge is 0.469 e. The molecule has 0 atom stereocenters. The molecule has 1 N–H and O–H groups in total. The van der Waals surface area contributed by atoms with E-state index in [2.05, 4.69) is 77.8 Å². The average molecular weight is 627 g/mol. The van der Waals surface area contributed by atoms with Crippen LogP contribution in [0.1, 0.15) is 36.0 Å². The SMILES string of the molecule is COC(=O)CCCCCNC(=O)c1cc(I)cc(I)c1I. The zero-order valence-corrected chi connectivity index (χ0v) is 18.0. The maximum absolute atomic E-state index is 12.2. The number of nitrogens with one attached hydrogen (secondary N) is 1. The Morgan fingerprint density at radius 1 is 1.14 bits per heavy atom. The van der Waals surface area contributed by atoms with Crippen LogP contribution in [0.15, 0.2) is 12.1 Å². The lowest BCUT2D eigenvalue weighted by Crippen LogP contribution is -2.25. The molecule has 21 heavy (non-hydrogen) atoms. The lowest BCUT2D eigenvalue weighted by molar-refractivity contribution is -0.140. The molecular formula is C14H16I3NO3.